The molecule has 1 aliphatic heterocycles. The zero-order chi connectivity index (χ0) is 31.2. The third-order valence-corrected chi connectivity index (χ3v) is 9.85. The smallest absolute Gasteiger partial charge is 0.164 e. The normalized spacial score (nSPS) is 19.3. The summed E-state index contributed by atoms with van der Waals surface area (Å²) in [6.45, 7) is 0. The summed E-state index contributed by atoms with van der Waals surface area (Å²) in [6, 6.07) is 24.1. The van der Waals surface area contributed by atoms with Crippen LogP contribution in [0.2, 0.25) is 0 Å². The fraction of sp³-hybridized carbons (Fsp3) is 0.186. The van der Waals surface area contributed by atoms with Gasteiger partial charge >= 0.3 is 0 Å². The molecule has 0 saturated carbocycles. The molecule has 4 aliphatic carbocycles. The first-order valence-corrected chi connectivity index (χ1v) is 16.9. The third kappa shape index (κ3) is 5.24. The molecule has 0 N–H and O–H groups in total. The molecule has 3 aromatic carbocycles. The number of aromatic nitrogens is 3. The maximum Gasteiger partial charge on any atom is 0.164 e. The topological polar surface area (TPSA) is 47.9 Å². The zero-order valence-electron chi connectivity index (χ0n) is 26.3. The maximum absolute atomic E-state index is 6.45. The van der Waals surface area contributed by atoms with Gasteiger partial charge in [-0.1, -0.05) is 115 Å². The van der Waals surface area contributed by atoms with E-state index >= 15 is 0 Å². The molecule has 4 aromatic rings. The summed E-state index contributed by atoms with van der Waals surface area (Å²) in [5.41, 5.74) is 13.1. The number of ether oxygens (including phenoxy) is 1. The summed E-state index contributed by atoms with van der Waals surface area (Å²) in [5, 5.41) is 0. The average molecular weight is 610 g/mol. The third-order valence-electron chi connectivity index (χ3n) is 9.85. The van der Waals surface area contributed by atoms with Gasteiger partial charge in [0, 0.05) is 40.7 Å². The van der Waals surface area contributed by atoms with Crippen LogP contribution in [-0.2, 0) is 11.2 Å². The Bertz CT molecular complexity index is 2120. The van der Waals surface area contributed by atoms with Gasteiger partial charge in [0.25, 0.3) is 0 Å². The first kappa shape index (κ1) is 27.9. The molecule has 1 atom stereocenters. The van der Waals surface area contributed by atoms with Crippen molar-refractivity contribution in [2.24, 2.45) is 0 Å². The lowest BCUT2D eigenvalue weighted by Gasteiger charge is -2.19. The van der Waals surface area contributed by atoms with Crippen LogP contribution < -0.4 is 0 Å². The van der Waals surface area contributed by atoms with Gasteiger partial charge < -0.3 is 4.74 Å². The van der Waals surface area contributed by atoms with Gasteiger partial charge in [-0.2, -0.15) is 0 Å². The van der Waals surface area contributed by atoms with Gasteiger partial charge in [-0.05, 0) is 71.6 Å². The molecule has 0 fully saturated rings. The maximum atomic E-state index is 6.45. The van der Waals surface area contributed by atoms with Crippen LogP contribution in [0.25, 0.3) is 51.1 Å². The van der Waals surface area contributed by atoms with E-state index in [0.29, 0.717) is 17.5 Å². The molecule has 0 saturated heterocycles. The summed E-state index contributed by atoms with van der Waals surface area (Å²) in [5.74, 6) is 3.13. The standard InChI is InChI=1S/C43H35N3O/c1-2-9-28(10-3-1)30-17-22-32(23-18-30)41-44-42(33-24-19-31(20-25-33)35-26-21-29-11-4-5-12-34(29)27-35)46-43(45-41)37-14-8-16-39-40(37)36-13-6-7-15-38(36)47-39/h1-2,5-6,8-9,12-14,17-27,39H,3-4,7,10-11,15-16H2. The number of fused-ring (bicyclic) bond motifs is 3. The molecule has 9 rings (SSSR count). The number of nitrogens with zero attached hydrogens (tertiary/aromatic N) is 3. The van der Waals surface area contributed by atoms with Crippen LogP contribution in [-0.4, -0.2) is 21.1 Å². The van der Waals surface area contributed by atoms with E-state index in [0.717, 1.165) is 67.4 Å². The Morgan fingerprint density at radius 1 is 0.553 bits per heavy atom. The van der Waals surface area contributed by atoms with Crippen LogP contribution in [0.5, 0.6) is 0 Å². The fourth-order valence-electron chi connectivity index (χ4n) is 7.34. The number of rotatable bonds is 5. The molecule has 0 spiro atoms. The van der Waals surface area contributed by atoms with E-state index in [4.69, 9.17) is 19.7 Å². The Morgan fingerprint density at radius 2 is 1.21 bits per heavy atom. The summed E-state index contributed by atoms with van der Waals surface area (Å²) < 4.78 is 6.45. The highest BCUT2D eigenvalue weighted by molar-refractivity contribution is 5.82. The van der Waals surface area contributed by atoms with Gasteiger partial charge in [0.05, 0.1) is 0 Å². The minimum Gasteiger partial charge on any atom is -0.489 e. The summed E-state index contributed by atoms with van der Waals surface area (Å²) in [6.07, 6.45) is 27.1. The summed E-state index contributed by atoms with van der Waals surface area (Å²) in [4.78, 5) is 15.4. The Morgan fingerprint density at radius 3 is 2.00 bits per heavy atom. The lowest BCUT2D eigenvalue weighted by Crippen LogP contribution is -2.14. The lowest BCUT2D eigenvalue weighted by atomic mass is 9.88. The Labute approximate surface area is 276 Å². The van der Waals surface area contributed by atoms with Crippen molar-refractivity contribution in [3.8, 4) is 33.9 Å². The highest BCUT2D eigenvalue weighted by atomic mass is 16.5. The van der Waals surface area contributed by atoms with Gasteiger partial charge in [-0.25, -0.2) is 15.0 Å². The van der Waals surface area contributed by atoms with E-state index in [1.54, 1.807) is 0 Å². The molecule has 0 bridgehead atoms. The number of aryl methyl sites for hydroxylation is 1. The molecule has 4 heteroatoms. The number of hydrogen-bond acceptors (Lipinski definition) is 4. The molecule has 5 aliphatic rings. The van der Waals surface area contributed by atoms with Gasteiger partial charge in [-0.15, -0.1) is 0 Å². The molecular formula is C43H35N3O. The highest BCUT2D eigenvalue weighted by Crippen LogP contribution is 2.44. The van der Waals surface area contributed by atoms with Crippen molar-refractivity contribution in [1.82, 2.24) is 15.0 Å². The summed E-state index contributed by atoms with van der Waals surface area (Å²) >= 11 is 0. The molecule has 4 nitrogen and oxygen atoms in total. The van der Waals surface area contributed by atoms with E-state index in [-0.39, 0.29) is 6.10 Å². The second kappa shape index (κ2) is 11.8. The molecule has 228 valence electrons. The lowest BCUT2D eigenvalue weighted by molar-refractivity contribution is 0.161. The summed E-state index contributed by atoms with van der Waals surface area (Å²) in [7, 11) is 0. The van der Waals surface area contributed by atoms with Gasteiger partial charge in [0.1, 0.15) is 11.9 Å². The van der Waals surface area contributed by atoms with Crippen molar-refractivity contribution < 1.29 is 4.74 Å². The minimum absolute atomic E-state index is 0.00858. The second-order valence-corrected chi connectivity index (χ2v) is 12.8. The average Bonchev–Trinajstić information content (AvgIpc) is 3.54. The predicted octanol–water partition coefficient (Wildman–Crippen LogP) is 10.3. The van der Waals surface area contributed by atoms with Crippen LogP contribution in [0.15, 0.2) is 132 Å². The van der Waals surface area contributed by atoms with Crippen molar-refractivity contribution >= 4 is 17.2 Å². The van der Waals surface area contributed by atoms with E-state index in [1.807, 2.05) is 0 Å². The fourth-order valence-corrected chi connectivity index (χ4v) is 7.34. The molecule has 1 aromatic heterocycles. The van der Waals surface area contributed by atoms with Gasteiger partial charge in [-0.3, -0.25) is 0 Å². The van der Waals surface area contributed by atoms with E-state index in [2.05, 4.69) is 121 Å². The Balaban J connectivity index is 1.14. The van der Waals surface area contributed by atoms with Gasteiger partial charge in [0.2, 0.25) is 0 Å². The Hall–Kier alpha value is -5.35. The molecule has 0 radical (unpaired) electrons. The quantitative estimate of drug-likeness (QED) is 0.226. The van der Waals surface area contributed by atoms with Crippen LogP contribution in [0, 0.1) is 0 Å². The van der Waals surface area contributed by atoms with Crippen molar-refractivity contribution in [3.63, 3.8) is 0 Å². The number of allylic oxidation sites excluding steroid dienone is 10. The number of benzene rings is 3. The molecule has 0 amide bonds. The van der Waals surface area contributed by atoms with Crippen LogP contribution in [0.1, 0.15) is 61.0 Å². The first-order valence-electron chi connectivity index (χ1n) is 16.9. The SMILES string of the molecule is C1=CCCC(c2ccc(-c3nc(C4=C5C6=C(CCC=C6)OC5CC=C4)nc(-c4ccc(-c5ccc6c(c5)C=CCC6)cc4)n3)cc2)=C1. The van der Waals surface area contributed by atoms with E-state index in [9.17, 15) is 0 Å². The second-order valence-electron chi connectivity index (χ2n) is 12.8. The Kier molecular flexibility index (Phi) is 7.00. The van der Waals surface area contributed by atoms with Crippen LogP contribution in [0.4, 0.5) is 0 Å². The largest absolute Gasteiger partial charge is 0.489 e. The van der Waals surface area contributed by atoms with Crippen molar-refractivity contribution in [2.75, 3.05) is 0 Å². The monoisotopic (exact) mass is 609 g/mol. The van der Waals surface area contributed by atoms with Crippen LogP contribution in [0.3, 0.4) is 0 Å². The molecule has 47 heavy (non-hydrogen) atoms. The van der Waals surface area contributed by atoms with Crippen molar-refractivity contribution in [2.45, 2.75) is 51.0 Å². The van der Waals surface area contributed by atoms with Gasteiger partial charge in [0.15, 0.2) is 17.5 Å². The first-order chi connectivity index (χ1) is 23.3. The molecule has 2 heterocycles. The molecular weight excluding hydrogens is 574 g/mol. The highest BCUT2D eigenvalue weighted by Gasteiger charge is 2.35. The van der Waals surface area contributed by atoms with Crippen molar-refractivity contribution in [1.29, 1.82) is 0 Å². The van der Waals surface area contributed by atoms with Crippen LogP contribution >= 0.6 is 0 Å². The molecule has 1 unspecified atom stereocenters. The van der Waals surface area contributed by atoms with Crippen molar-refractivity contribution in [3.05, 3.63) is 155 Å². The van der Waals surface area contributed by atoms with E-state index in [1.165, 1.54) is 44.5 Å². The minimum atomic E-state index is 0.00858. The zero-order valence-corrected chi connectivity index (χ0v) is 26.3. The van der Waals surface area contributed by atoms with E-state index < -0.39 is 0 Å². The number of hydrogen-bond donors (Lipinski definition) is 0. The predicted molar refractivity (Wildman–Crippen MR) is 191 cm³/mol.